The van der Waals surface area contributed by atoms with Crippen molar-refractivity contribution in [3.8, 4) is 11.5 Å². The molecule has 1 heterocycles. The van der Waals surface area contributed by atoms with E-state index in [2.05, 4.69) is 29.6 Å². The van der Waals surface area contributed by atoms with E-state index < -0.39 is 32.1 Å². The highest BCUT2D eigenvalue weighted by Gasteiger charge is 2.24. The Bertz CT molecular complexity index is 2440. The molecule has 0 saturated carbocycles. The number of nitrogens with zero attached hydrogens (tertiary/aromatic N) is 5. The van der Waals surface area contributed by atoms with E-state index in [0.717, 1.165) is 11.6 Å². The molecule has 18 heteroatoms. The van der Waals surface area contributed by atoms with Crippen molar-refractivity contribution in [3.63, 3.8) is 0 Å². The van der Waals surface area contributed by atoms with Gasteiger partial charge in [0.05, 0.1) is 33.2 Å². The summed E-state index contributed by atoms with van der Waals surface area (Å²) in [6.07, 6.45) is 0.477. The summed E-state index contributed by atoms with van der Waals surface area (Å²) in [4.78, 5) is 10.1. The van der Waals surface area contributed by atoms with Gasteiger partial charge in [0, 0.05) is 30.3 Å². The number of azo groups is 1. The van der Waals surface area contributed by atoms with Gasteiger partial charge in [0.1, 0.15) is 23.0 Å². The quantitative estimate of drug-likeness (QED) is 0.0225. The lowest BCUT2D eigenvalue weighted by molar-refractivity contribution is -0.432. The molecule has 0 aliphatic rings. The smallest absolute Gasteiger partial charge is 0.357 e. The maximum atomic E-state index is 12.5. The van der Waals surface area contributed by atoms with Gasteiger partial charge in [0.2, 0.25) is 0 Å². The summed E-state index contributed by atoms with van der Waals surface area (Å²) < 4.78 is 66.0. The standard InChI is InChI=1S/C33H27N5O10S3.3C2H6/c1-19-34-23(14-20-8-4-3-5-9-20)17-29(35-19)38(2)27-18-24(51(43,44)45)15-22-16-28(49-48-47-40)31(32(39)30(22)27)37-36-26-13-12-21-10-6-7-11-25(21)33(26)46-50(41)42;3*1-2/h3-13,15-18,39-40H,14H2,1-2H3,(H,41,42)(H,43,44,45);3*1-2H3. The first-order chi connectivity index (χ1) is 27.4. The van der Waals surface area contributed by atoms with Crippen molar-refractivity contribution in [2.75, 3.05) is 11.9 Å². The van der Waals surface area contributed by atoms with Crippen LogP contribution in [-0.4, -0.2) is 49.1 Å². The topological polar surface area (TPSA) is 214 Å². The second-order valence-corrected chi connectivity index (χ2v) is 13.7. The van der Waals surface area contributed by atoms with Crippen molar-refractivity contribution in [2.45, 2.75) is 64.7 Å². The third kappa shape index (κ3) is 11.7. The molecular formula is C39H45N5O10S3. The molecule has 1 atom stereocenters. The van der Waals surface area contributed by atoms with Gasteiger partial charge in [-0.3, -0.25) is 9.11 Å². The van der Waals surface area contributed by atoms with Gasteiger partial charge in [0.15, 0.2) is 11.5 Å². The number of aromatic nitrogens is 2. The lowest BCUT2D eigenvalue weighted by Gasteiger charge is -2.23. The van der Waals surface area contributed by atoms with Crippen LogP contribution in [-0.2, 0) is 37.3 Å². The zero-order valence-corrected chi connectivity index (χ0v) is 35.0. The molecule has 6 rings (SSSR count). The Morgan fingerprint density at radius 3 is 2.18 bits per heavy atom. The zero-order chi connectivity index (χ0) is 42.3. The molecule has 0 bridgehead atoms. The zero-order valence-electron chi connectivity index (χ0n) is 32.6. The van der Waals surface area contributed by atoms with Crippen LogP contribution in [0.5, 0.6) is 11.5 Å². The predicted molar refractivity (Wildman–Crippen MR) is 224 cm³/mol. The fourth-order valence-electron chi connectivity index (χ4n) is 5.44. The number of hydrogen-bond acceptors (Lipinski definition) is 14. The Morgan fingerprint density at radius 2 is 1.53 bits per heavy atom. The normalized spacial score (nSPS) is 11.5. The summed E-state index contributed by atoms with van der Waals surface area (Å²) in [6, 6.07) is 25.1. The minimum absolute atomic E-state index is 0.0177. The largest absolute Gasteiger partial charge is 0.505 e. The van der Waals surface area contributed by atoms with Gasteiger partial charge in [-0.05, 0) is 47.5 Å². The minimum atomic E-state index is -4.77. The van der Waals surface area contributed by atoms with Gasteiger partial charge in [-0.25, -0.2) is 15.2 Å². The van der Waals surface area contributed by atoms with E-state index in [-0.39, 0.29) is 38.5 Å². The van der Waals surface area contributed by atoms with Crippen LogP contribution in [0.1, 0.15) is 58.6 Å². The Morgan fingerprint density at radius 1 is 0.860 bits per heavy atom. The third-order valence-corrected chi connectivity index (χ3v) is 9.40. The average molecular weight is 840 g/mol. The summed E-state index contributed by atoms with van der Waals surface area (Å²) >= 11 is -2.31. The first-order valence-electron chi connectivity index (χ1n) is 17.7. The highest BCUT2D eigenvalue weighted by Crippen LogP contribution is 2.49. The van der Waals surface area contributed by atoms with E-state index in [4.69, 9.17) is 9.44 Å². The summed E-state index contributed by atoms with van der Waals surface area (Å²) in [5.74, 6) is 0.186. The molecule has 15 nitrogen and oxygen atoms in total. The van der Waals surface area contributed by atoms with Gasteiger partial charge < -0.3 is 14.2 Å². The van der Waals surface area contributed by atoms with Crippen LogP contribution >= 0.6 is 12.0 Å². The monoisotopic (exact) mass is 839 g/mol. The SMILES string of the molecule is CC.CC.CC.Cc1nc(Cc2ccccc2)cc(N(C)c2cc(S(=O)(=O)O)cc3cc(SOOO)c(N=Nc4ccc5ccccc5c4OS(=O)O)c(O)c23)n1. The molecule has 1 aromatic heterocycles. The molecule has 0 aliphatic carbocycles. The molecule has 0 spiro atoms. The number of hydrogen-bond donors (Lipinski definition) is 4. The second-order valence-electron chi connectivity index (χ2n) is 10.9. The number of aromatic hydroxyl groups is 1. The van der Waals surface area contributed by atoms with Crippen molar-refractivity contribution in [1.29, 1.82) is 0 Å². The number of rotatable bonds is 12. The van der Waals surface area contributed by atoms with E-state index in [1.54, 1.807) is 50.4 Å². The first-order valence-corrected chi connectivity index (χ1v) is 20.9. The minimum Gasteiger partial charge on any atom is -0.505 e. The van der Waals surface area contributed by atoms with E-state index in [1.165, 1.54) is 23.1 Å². The lowest BCUT2D eigenvalue weighted by Crippen LogP contribution is -2.15. The van der Waals surface area contributed by atoms with Crippen LogP contribution in [0.15, 0.2) is 111 Å². The Hall–Kier alpha value is -5.05. The fraction of sp³-hybridized carbons (Fsp3) is 0.231. The molecular weight excluding hydrogens is 795 g/mol. The Balaban J connectivity index is 0.00000138. The molecule has 0 fully saturated rings. The highest BCUT2D eigenvalue weighted by molar-refractivity contribution is 7.94. The molecule has 57 heavy (non-hydrogen) atoms. The molecule has 0 aliphatic heterocycles. The van der Waals surface area contributed by atoms with Gasteiger partial charge in [-0.1, -0.05) is 107 Å². The van der Waals surface area contributed by atoms with Crippen molar-refractivity contribution in [2.24, 2.45) is 10.2 Å². The molecule has 0 saturated heterocycles. The van der Waals surface area contributed by atoms with Gasteiger partial charge >= 0.3 is 11.4 Å². The van der Waals surface area contributed by atoms with Crippen molar-refractivity contribution < 1.29 is 45.7 Å². The van der Waals surface area contributed by atoms with Crippen LogP contribution in [0.2, 0.25) is 0 Å². The van der Waals surface area contributed by atoms with Crippen LogP contribution in [0, 0.1) is 6.92 Å². The molecule has 304 valence electrons. The summed E-state index contributed by atoms with van der Waals surface area (Å²) in [5.41, 5.74) is 1.56. The number of phenolic OH excluding ortho intramolecular Hbond substituents is 1. The van der Waals surface area contributed by atoms with Crippen LogP contribution in [0.3, 0.4) is 0 Å². The molecule has 1 unspecified atom stereocenters. The highest BCUT2D eigenvalue weighted by atomic mass is 32.2. The Labute approximate surface area is 338 Å². The summed E-state index contributed by atoms with van der Waals surface area (Å²) in [7, 11) is -3.17. The maximum absolute atomic E-state index is 12.5. The fourth-order valence-corrected chi connectivity index (χ4v) is 6.79. The number of benzene rings is 5. The predicted octanol–water partition coefficient (Wildman–Crippen LogP) is 10.8. The number of aryl methyl sites for hydroxylation is 1. The molecule has 6 aromatic rings. The molecule has 4 N–H and O–H groups in total. The van der Waals surface area contributed by atoms with Gasteiger partial charge in [0.25, 0.3) is 10.1 Å². The summed E-state index contributed by atoms with van der Waals surface area (Å²) in [6.45, 7) is 13.7. The van der Waals surface area contributed by atoms with E-state index in [1.807, 2.05) is 71.9 Å². The first kappa shape index (κ1) is 46.3. The average Bonchev–Trinajstić information content (AvgIpc) is 3.21. The summed E-state index contributed by atoms with van der Waals surface area (Å²) in [5, 5.41) is 34.3. The van der Waals surface area contributed by atoms with Gasteiger partial charge in [-0.15, -0.1) is 14.6 Å². The van der Waals surface area contributed by atoms with Crippen molar-refractivity contribution in [3.05, 3.63) is 108 Å². The van der Waals surface area contributed by atoms with Crippen LogP contribution in [0.4, 0.5) is 22.9 Å². The number of fused-ring (bicyclic) bond motifs is 2. The maximum Gasteiger partial charge on any atom is 0.357 e. The van der Waals surface area contributed by atoms with Crippen molar-refractivity contribution >= 4 is 77.9 Å². The van der Waals surface area contributed by atoms with E-state index >= 15 is 0 Å². The second kappa shape index (κ2) is 22.0. The third-order valence-electron chi connectivity index (χ3n) is 7.64. The molecule has 0 amide bonds. The lowest BCUT2D eigenvalue weighted by atomic mass is 10.1. The van der Waals surface area contributed by atoms with E-state index in [0.29, 0.717) is 46.6 Å². The molecule has 5 aromatic carbocycles. The van der Waals surface area contributed by atoms with Gasteiger partial charge in [-0.2, -0.15) is 12.6 Å². The number of phenols is 1. The van der Waals surface area contributed by atoms with E-state index in [9.17, 15) is 26.8 Å². The molecule has 0 radical (unpaired) electrons. The Kier molecular flexibility index (Phi) is 17.9. The van der Waals surface area contributed by atoms with Crippen LogP contribution < -0.4 is 9.08 Å². The van der Waals surface area contributed by atoms with Crippen molar-refractivity contribution in [1.82, 2.24) is 9.97 Å². The number of anilines is 2. The van der Waals surface area contributed by atoms with Crippen LogP contribution in [0.25, 0.3) is 21.5 Å².